The summed E-state index contributed by atoms with van der Waals surface area (Å²) in [6.45, 7) is 4.38. The van der Waals surface area contributed by atoms with Crippen molar-refractivity contribution in [3.8, 4) is 0 Å². The summed E-state index contributed by atoms with van der Waals surface area (Å²) in [6.07, 6.45) is -3.17. The van der Waals surface area contributed by atoms with Crippen molar-refractivity contribution in [2.75, 3.05) is 26.4 Å². The van der Waals surface area contributed by atoms with Gasteiger partial charge in [0.05, 0.1) is 25.8 Å². The maximum absolute atomic E-state index is 13.2. The Kier molecular flexibility index (Phi) is 4.63. The van der Waals surface area contributed by atoms with Crippen molar-refractivity contribution < 1.29 is 28.2 Å². The van der Waals surface area contributed by atoms with E-state index in [1.807, 2.05) is 20.8 Å². The van der Waals surface area contributed by atoms with Crippen LogP contribution < -0.4 is 0 Å². The Morgan fingerprint density at radius 3 is 2.67 bits per heavy atom. The molecular weight excluding hydrogens is 248 g/mol. The first-order valence-electron chi connectivity index (χ1n) is 5.70. The molecule has 7 heteroatoms. The number of hydrogen-bond acceptors (Lipinski definition) is 4. The van der Waals surface area contributed by atoms with Gasteiger partial charge in [-0.25, -0.2) is 4.79 Å². The van der Waals surface area contributed by atoms with E-state index in [1.165, 1.54) is 0 Å². The summed E-state index contributed by atoms with van der Waals surface area (Å²) in [5.74, 6) is -1.08. The zero-order chi connectivity index (χ0) is 14.0. The summed E-state index contributed by atoms with van der Waals surface area (Å²) in [5, 5.41) is 8.46. The van der Waals surface area contributed by atoms with Gasteiger partial charge >= 0.3 is 12.1 Å². The summed E-state index contributed by atoms with van der Waals surface area (Å²) in [6, 6.07) is -0.371. The van der Waals surface area contributed by atoms with Crippen LogP contribution in [0.25, 0.3) is 0 Å². The van der Waals surface area contributed by atoms with E-state index < -0.39 is 30.8 Å². The number of nitrogens with zero attached hydrogens (tertiary/aromatic N) is 1. The molecule has 0 spiro atoms. The number of carbonyl (C=O) groups is 1. The molecule has 0 bridgehead atoms. The van der Waals surface area contributed by atoms with Crippen LogP contribution in [-0.2, 0) is 14.3 Å². The number of ether oxygens (including phenoxy) is 2. The highest BCUT2D eigenvalue weighted by atomic mass is 19.3. The fourth-order valence-electron chi connectivity index (χ4n) is 1.89. The maximum atomic E-state index is 13.2. The van der Waals surface area contributed by atoms with Gasteiger partial charge in [-0.1, -0.05) is 0 Å². The van der Waals surface area contributed by atoms with Crippen molar-refractivity contribution in [2.45, 2.75) is 38.5 Å². The molecule has 0 saturated carbocycles. The van der Waals surface area contributed by atoms with Crippen LogP contribution in [0.3, 0.4) is 0 Å². The number of halogens is 2. The minimum Gasteiger partial charge on any atom is -0.480 e. The monoisotopic (exact) mass is 267 g/mol. The van der Waals surface area contributed by atoms with Crippen LogP contribution in [0.15, 0.2) is 0 Å². The Bertz CT molecular complexity index is 304. The van der Waals surface area contributed by atoms with Gasteiger partial charge in [0, 0.05) is 5.54 Å². The molecule has 1 atom stereocenters. The molecule has 1 saturated heterocycles. The van der Waals surface area contributed by atoms with Crippen LogP contribution in [0.1, 0.15) is 20.8 Å². The summed E-state index contributed by atoms with van der Waals surface area (Å²) < 4.78 is 35.8. The number of alkyl halides is 2. The third-order valence-electron chi connectivity index (χ3n) is 2.68. The largest absolute Gasteiger partial charge is 0.480 e. The van der Waals surface area contributed by atoms with E-state index in [4.69, 9.17) is 9.84 Å². The van der Waals surface area contributed by atoms with Gasteiger partial charge in [-0.2, -0.15) is 8.78 Å². The fraction of sp³-hybridized carbons (Fsp3) is 0.909. The van der Waals surface area contributed by atoms with Crippen molar-refractivity contribution in [1.82, 2.24) is 4.90 Å². The predicted octanol–water partition coefficient (Wildman–Crippen LogP) is 1.18. The molecule has 1 N–H and O–H groups in total. The fourth-order valence-corrected chi connectivity index (χ4v) is 1.89. The van der Waals surface area contributed by atoms with Gasteiger partial charge in [0.15, 0.2) is 0 Å². The minimum atomic E-state index is -3.17. The second-order valence-electron chi connectivity index (χ2n) is 5.31. The molecule has 1 unspecified atom stereocenters. The van der Waals surface area contributed by atoms with Gasteiger partial charge in [-0.3, -0.25) is 4.90 Å². The molecule has 0 aromatic carbocycles. The molecular formula is C11H19F2NO4. The summed E-state index contributed by atoms with van der Waals surface area (Å²) >= 11 is 0. The van der Waals surface area contributed by atoms with Crippen molar-refractivity contribution >= 4 is 5.97 Å². The van der Waals surface area contributed by atoms with E-state index in [2.05, 4.69) is 4.74 Å². The Hall–Kier alpha value is -0.790. The normalized spacial score (nSPS) is 25.1. The van der Waals surface area contributed by atoms with Gasteiger partial charge in [0.25, 0.3) is 0 Å². The molecule has 1 aliphatic heterocycles. The molecule has 0 aromatic rings. The Balaban J connectivity index is 2.62. The number of carboxylic acid groups (broad SMARTS) is 1. The number of hydrogen-bond donors (Lipinski definition) is 1. The number of aliphatic carboxylic acids is 1. The Morgan fingerprint density at radius 1 is 1.56 bits per heavy atom. The van der Waals surface area contributed by atoms with Crippen molar-refractivity contribution in [2.24, 2.45) is 0 Å². The molecule has 106 valence electrons. The number of rotatable bonds is 4. The third-order valence-corrected chi connectivity index (χ3v) is 2.68. The summed E-state index contributed by atoms with van der Waals surface area (Å²) in [4.78, 5) is 11.9. The molecule has 1 aliphatic rings. The van der Waals surface area contributed by atoms with Gasteiger partial charge < -0.3 is 14.6 Å². The molecule has 1 fully saturated rings. The highest BCUT2D eigenvalue weighted by molar-refractivity contribution is 5.67. The summed E-state index contributed by atoms with van der Waals surface area (Å²) in [7, 11) is 0. The maximum Gasteiger partial charge on any atom is 0.368 e. The highest BCUT2D eigenvalue weighted by Gasteiger charge is 2.45. The standard InChI is InChI=1S/C11H19F2NO4/c1-10(2,3)14-7-11(12,13)18-5-8(14)4-17-6-9(15)16/h8H,4-7H2,1-3H3,(H,15,16). The van der Waals surface area contributed by atoms with E-state index in [0.29, 0.717) is 0 Å². The van der Waals surface area contributed by atoms with Crippen molar-refractivity contribution in [3.63, 3.8) is 0 Å². The van der Waals surface area contributed by atoms with Crippen LogP contribution >= 0.6 is 0 Å². The Labute approximate surface area is 105 Å². The van der Waals surface area contributed by atoms with Crippen molar-refractivity contribution in [1.29, 1.82) is 0 Å². The molecule has 18 heavy (non-hydrogen) atoms. The topological polar surface area (TPSA) is 59.0 Å². The zero-order valence-electron chi connectivity index (χ0n) is 10.8. The first-order chi connectivity index (χ1) is 8.12. The quantitative estimate of drug-likeness (QED) is 0.829. The van der Waals surface area contributed by atoms with Crippen LogP contribution in [0, 0.1) is 0 Å². The lowest BCUT2D eigenvalue weighted by molar-refractivity contribution is -0.294. The van der Waals surface area contributed by atoms with E-state index in [0.717, 1.165) is 0 Å². The lowest BCUT2D eigenvalue weighted by atomic mass is 10.0. The van der Waals surface area contributed by atoms with Crippen LogP contribution in [-0.4, -0.2) is 60.0 Å². The first kappa shape index (κ1) is 15.3. The molecule has 0 aromatic heterocycles. The molecule has 1 rings (SSSR count). The second kappa shape index (κ2) is 5.46. The third kappa shape index (κ3) is 4.47. The number of carboxylic acids is 1. The minimum absolute atomic E-state index is 0.0552. The van der Waals surface area contributed by atoms with E-state index in [-0.39, 0.29) is 19.3 Å². The van der Waals surface area contributed by atoms with Crippen LogP contribution in [0.4, 0.5) is 8.78 Å². The molecule has 5 nitrogen and oxygen atoms in total. The molecule has 0 radical (unpaired) electrons. The van der Waals surface area contributed by atoms with Gasteiger partial charge in [0.1, 0.15) is 6.61 Å². The van der Waals surface area contributed by atoms with Gasteiger partial charge in [-0.15, -0.1) is 0 Å². The molecule has 0 aliphatic carbocycles. The zero-order valence-corrected chi connectivity index (χ0v) is 10.8. The van der Waals surface area contributed by atoms with Gasteiger partial charge in [0.2, 0.25) is 0 Å². The summed E-state index contributed by atoms with van der Waals surface area (Å²) in [5.41, 5.74) is -0.468. The number of morpholine rings is 1. The smallest absolute Gasteiger partial charge is 0.368 e. The lowest BCUT2D eigenvalue weighted by Crippen LogP contribution is -2.60. The second-order valence-corrected chi connectivity index (χ2v) is 5.31. The van der Waals surface area contributed by atoms with Gasteiger partial charge in [-0.05, 0) is 20.8 Å². The van der Waals surface area contributed by atoms with Crippen molar-refractivity contribution in [3.05, 3.63) is 0 Å². The average molecular weight is 267 g/mol. The SMILES string of the molecule is CC(C)(C)N1CC(F)(F)OCC1COCC(=O)O. The molecule has 0 amide bonds. The van der Waals surface area contributed by atoms with Crippen LogP contribution in [0.2, 0.25) is 0 Å². The first-order valence-corrected chi connectivity index (χ1v) is 5.70. The molecule has 1 heterocycles. The van der Waals surface area contributed by atoms with E-state index in [1.54, 1.807) is 4.90 Å². The van der Waals surface area contributed by atoms with Crippen LogP contribution in [0.5, 0.6) is 0 Å². The average Bonchev–Trinajstić information content (AvgIpc) is 2.17. The van der Waals surface area contributed by atoms with E-state index in [9.17, 15) is 13.6 Å². The van der Waals surface area contributed by atoms with E-state index >= 15 is 0 Å². The highest BCUT2D eigenvalue weighted by Crippen LogP contribution is 2.29. The lowest BCUT2D eigenvalue weighted by Gasteiger charge is -2.46. The Morgan fingerprint density at radius 2 is 2.17 bits per heavy atom. The predicted molar refractivity (Wildman–Crippen MR) is 59.6 cm³/mol.